The Labute approximate surface area is 123 Å². The van der Waals surface area contributed by atoms with Gasteiger partial charge >= 0.3 is 0 Å². The standard InChI is InChI=1S/C13H23N3OS2/c1-4-6-8-16-13-11(18-3)9(14)10(19-13)12(17)15-7-5-2/h16H,4-8,14H2,1-3H3,(H,15,17). The molecule has 108 valence electrons. The SMILES string of the molecule is CCCCNc1sc(C(=O)NCCC)c(N)c1SC. The molecule has 0 saturated carbocycles. The quantitative estimate of drug-likeness (QED) is 0.508. The van der Waals surface area contributed by atoms with Crippen molar-refractivity contribution in [2.75, 3.05) is 30.4 Å². The van der Waals surface area contributed by atoms with Gasteiger partial charge in [-0.1, -0.05) is 20.3 Å². The average molecular weight is 301 g/mol. The molecule has 1 aromatic rings. The van der Waals surface area contributed by atoms with E-state index in [0.717, 1.165) is 35.7 Å². The zero-order valence-corrected chi connectivity index (χ0v) is 13.5. The van der Waals surface area contributed by atoms with Crippen molar-refractivity contribution in [2.24, 2.45) is 0 Å². The Kier molecular flexibility index (Phi) is 7.09. The van der Waals surface area contributed by atoms with Crippen LogP contribution in [0.15, 0.2) is 4.90 Å². The lowest BCUT2D eigenvalue weighted by Crippen LogP contribution is -2.23. The molecular formula is C13H23N3OS2. The van der Waals surface area contributed by atoms with Crippen molar-refractivity contribution >= 4 is 39.7 Å². The molecule has 1 rings (SSSR count). The largest absolute Gasteiger partial charge is 0.396 e. The Bertz CT molecular complexity index is 418. The van der Waals surface area contributed by atoms with E-state index in [4.69, 9.17) is 5.73 Å². The first-order valence-electron chi connectivity index (χ1n) is 6.63. The normalized spacial score (nSPS) is 10.5. The Balaban J connectivity index is 2.85. The van der Waals surface area contributed by atoms with Crippen LogP contribution in [0.3, 0.4) is 0 Å². The van der Waals surface area contributed by atoms with Crippen LogP contribution in [0.4, 0.5) is 10.7 Å². The first-order chi connectivity index (χ1) is 9.15. The molecule has 0 saturated heterocycles. The molecule has 1 aromatic heterocycles. The summed E-state index contributed by atoms with van der Waals surface area (Å²) in [6.07, 6.45) is 5.17. The minimum absolute atomic E-state index is 0.0665. The fourth-order valence-electron chi connectivity index (χ4n) is 1.61. The molecule has 1 heterocycles. The molecule has 4 nitrogen and oxygen atoms in total. The Morgan fingerprint density at radius 2 is 2.05 bits per heavy atom. The third-order valence-electron chi connectivity index (χ3n) is 2.66. The number of carbonyl (C=O) groups excluding carboxylic acids is 1. The van der Waals surface area contributed by atoms with Gasteiger partial charge in [0, 0.05) is 13.1 Å². The number of nitrogens with two attached hydrogens (primary N) is 1. The lowest BCUT2D eigenvalue weighted by Gasteiger charge is -2.04. The summed E-state index contributed by atoms with van der Waals surface area (Å²) in [7, 11) is 0. The minimum atomic E-state index is -0.0665. The third kappa shape index (κ3) is 4.31. The highest BCUT2D eigenvalue weighted by Crippen LogP contribution is 2.41. The van der Waals surface area contributed by atoms with E-state index in [9.17, 15) is 4.79 Å². The summed E-state index contributed by atoms with van der Waals surface area (Å²) < 4.78 is 0. The maximum absolute atomic E-state index is 12.0. The van der Waals surface area contributed by atoms with Crippen LogP contribution >= 0.6 is 23.1 Å². The molecule has 0 unspecified atom stereocenters. The van der Waals surface area contributed by atoms with Crippen LogP contribution in [-0.2, 0) is 0 Å². The predicted molar refractivity (Wildman–Crippen MR) is 86.5 cm³/mol. The highest BCUT2D eigenvalue weighted by molar-refractivity contribution is 7.99. The molecule has 0 bridgehead atoms. The van der Waals surface area contributed by atoms with Gasteiger partial charge in [0.2, 0.25) is 0 Å². The average Bonchev–Trinajstić information content (AvgIpc) is 2.72. The number of thioether (sulfide) groups is 1. The molecule has 0 aliphatic carbocycles. The van der Waals surface area contributed by atoms with E-state index >= 15 is 0 Å². The fraction of sp³-hybridized carbons (Fsp3) is 0.615. The molecule has 0 spiro atoms. The lowest BCUT2D eigenvalue weighted by atomic mass is 10.3. The van der Waals surface area contributed by atoms with Gasteiger partial charge in [0.05, 0.1) is 10.6 Å². The summed E-state index contributed by atoms with van der Waals surface area (Å²) >= 11 is 3.04. The molecule has 0 radical (unpaired) electrons. The van der Waals surface area contributed by atoms with Gasteiger partial charge in [0.15, 0.2) is 0 Å². The number of carbonyl (C=O) groups is 1. The second kappa shape index (κ2) is 8.32. The zero-order valence-electron chi connectivity index (χ0n) is 11.8. The summed E-state index contributed by atoms with van der Waals surface area (Å²) in [5, 5.41) is 7.26. The van der Waals surface area contributed by atoms with Crippen LogP contribution < -0.4 is 16.4 Å². The van der Waals surface area contributed by atoms with Crippen LogP contribution in [0.1, 0.15) is 42.8 Å². The highest BCUT2D eigenvalue weighted by atomic mass is 32.2. The summed E-state index contributed by atoms with van der Waals surface area (Å²) in [6.45, 7) is 5.79. The number of nitrogens with one attached hydrogen (secondary N) is 2. The Hall–Kier alpha value is -0.880. The van der Waals surface area contributed by atoms with Gasteiger partial charge in [0.1, 0.15) is 9.88 Å². The number of hydrogen-bond donors (Lipinski definition) is 3. The van der Waals surface area contributed by atoms with E-state index in [-0.39, 0.29) is 5.91 Å². The summed E-state index contributed by atoms with van der Waals surface area (Å²) in [5.74, 6) is -0.0665. The molecule has 1 amide bonds. The maximum atomic E-state index is 12.0. The van der Waals surface area contributed by atoms with E-state index in [1.165, 1.54) is 11.3 Å². The van der Waals surface area contributed by atoms with Gasteiger partial charge in [-0.15, -0.1) is 23.1 Å². The van der Waals surface area contributed by atoms with Crippen molar-refractivity contribution in [1.82, 2.24) is 5.32 Å². The number of unbranched alkanes of at least 4 members (excludes halogenated alkanes) is 1. The van der Waals surface area contributed by atoms with Gasteiger partial charge in [-0.3, -0.25) is 4.79 Å². The summed E-state index contributed by atoms with van der Waals surface area (Å²) in [6, 6.07) is 0. The number of amides is 1. The van der Waals surface area contributed by atoms with Gasteiger partial charge in [0.25, 0.3) is 5.91 Å². The molecular weight excluding hydrogens is 278 g/mol. The second-order valence-electron chi connectivity index (χ2n) is 4.24. The van der Waals surface area contributed by atoms with Crippen LogP contribution in [0.2, 0.25) is 0 Å². The van der Waals surface area contributed by atoms with Crippen molar-refractivity contribution < 1.29 is 4.79 Å². The highest BCUT2D eigenvalue weighted by Gasteiger charge is 2.20. The molecule has 0 atom stereocenters. The van der Waals surface area contributed by atoms with Crippen molar-refractivity contribution in [2.45, 2.75) is 38.0 Å². The van der Waals surface area contributed by atoms with E-state index in [1.54, 1.807) is 11.8 Å². The summed E-state index contributed by atoms with van der Waals surface area (Å²) in [4.78, 5) is 13.6. The van der Waals surface area contributed by atoms with Gasteiger partial charge < -0.3 is 16.4 Å². The first kappa shape index (κ1) is 16.2. The number of nitrogen functional groups attached to an aromatic ring is 1. The predicted octanol–water partition coefficient (Wildman–Crippen LogP) is 3.40. The molecule has 0 aliphatic heterocycles. The van der Waals surface area contributed by atoms with Gasteiger partial charge in [-0.2, -0.15) is 0 Å². The number of rotatable bonds is 8. The van der Waals surface area contributed by atoms with E-state index in [2.05, 4.69) is 17.6 Å². The maximum Gasteiger partial charge on any atom is 0.263 e. The van der Waals surface area contributed by atoms with Crippen molar-refractivity contribution in [1.29, 1.82) is 0 Å². The summed E-state index contributed by atoms with van der Waals surface area (Å²) in [5.41, 5.74) is 6.68. The number of hydrogen-bond acceptors (Lipinski definition) is 5. The van der Waals surface area contributed by atoms with Crippen molar-refractivity contribution in [3.05, 3.63) is 4.88 Å². The molecule has 6 heteroatoms. The fourth-order valence-corrected chi connectivity index (χ4v) is 3.59. The number of thiophene rings is 1. The Morgan fingerprint density at radius 1 is 1.32 bits per heavy atom. The van der Waals surface area contributed by atoms with Crippen molar-refractivity contribution in [3.63, 3.8) is 0 Å². The second-order valence-corrected chi connectivity index (χ2v) is 6.08. The van der Waals surface area contributed by atoms with Gasteiger partial charge in [-0.25, -0.2) is 0 Å². The third-order valence-corrected chi connectivity index (χ3v) is 4.78. The van der Waals surface area contributed by atoms with Crippen LogP contribution in [-0.4, -0.2) is 25.3 Å². The molecule has 4 N–H and O–H groups in total. The zero-order chi connectivity index (χ0) is 14.3. The lowest BCUT2D eigenvalue weighted by molar-refractivity contribution is 0.0958. The van der Waals surface area contributed by atoms with Crippen LogP contribution in [0.25, 0.3) is 0 Å². The van der Waals surface area contributed by atoms with Crippen molar-refractivity contribution in [3.8, 4) is 0 Å². The van der Waals surface area contributed by atoms with E-state index in [1.807, 2.05) is 13.2 Å². The van der Waals surface area contributed by atoms with E-state index in [0.29, 0.717) is 17.1 Å². The first-order valence-corrected chi connectivity index (χ1v) is 8.68. The topological polar surface area (TPSA) is 67.2 Å². The van der Waals surface area contributed by atoms with Gasteiger partial charge in [-0.05, 0) is 19.1 Å². The molecule has 0 fully saturated rings. The monoisotopic (exact) mass is 301 g/mol. The molecule has 19 heavy (non-hydrogen) atoms. The Morgan fingerprint density at radius 3 is 2.63 bits per heavy atom. The number of anilines is 2. The van der Waals surface area contributed by atoms with E-state index < -0.39 is 0 Å². The molecule has 0 aromatic carbocycles. The molecule has 0 aliphatic rings. The van der Waals surface area contributed by atoms with Crippen LogP contribution in [0, 0.1) is 0 Å². The minimum Gasteiger partial charge on any atom is -0.396 e. The van der Waals surface area contributed by atoms with Crippen LogP contribution in [0.5, 0.6) is 0 Å². The smallest absolute Gasteiger partial charge is 0.263 e.